The standard InChI is InChI=1S/C20H24BrN5O.HI/c1-23-20(24-12-14-6-8-15(9-7-14)19(22)27)25-16-10-11-26(13-16)18-5-3-2-4-17(18)21;/h2-9,16H,10-13H2,1H3,(H2,22,27)(H2,23,24,25);1H. The number of benzene rings is 2. The van der Waals surface area contributed by atoms with Gasteiger partial charge in [-0.15, -0.1) is 24.0 Å². The molecule has 8 heteroatoms. The summed E-state index contributed by atoms with van der Waals surface area (Å²) in [5, 5.41) is 6.81. The Balaban J connectivity index is 0.00000280. The van der Waals surface area contributed by atoms with Crippen molar-refractivity contribution in [3.63, 3.8) is 0 Å². The third kappa shape index (κ3) is 5.84. The van der Waals surface area contributed by atoms with E-state index in [9.17, 15) is 4.79 Å². The molecule has 1 atom stereocenters. The van der Waals surface area contributed by atoms with E-state index < -0.39 is 5.91 Å². The predicted octanol–water partition coefficient (Wildman–Crippen LogP) is 3.11. The highest BCUT2D eigenvalue weighted by molar-refractivity contribution is 14.0. The molecule has 1 aliphatic heterocycles. The number of nitrogens with one attached hydrogen (secondary N) is 2. The van der Waals surface area contributed by atoms with Crippen LogP contribution in [0, 0.1) is 0 Å². The van der Waals surface area contributed by atoms with Crippen molar-refractivity contribution in [2.75, 3.05) is 25.0 Å². The monoisotopic (exact) mass is 557 g/mol. The van der Waals surface area contributed by atoms with Crippen molar-refractivity contribution < 1.29 is 4.79 Å². The average molecular weight is 558 g/mol. The van der Waals surface area contributed by atoms with Crippen LogP contribution in [0.2, 0.25) is 0 Å². The number of guanidine groups is 1. The van der Waals surface area contributed by atoms with Gasteiger partial charge < -0.3 is 21.3 Å². The van der Waals surface area contributed by atoms with Gasteiger partial charge in [0.25, 0.3) is 0 Å². The minimum Gasteiger partial charge on any atom is -0.368 e. The van der Waals surface area contributed by atoms with Gasteiger partial charge in [0.2, 0.25) is 5.91 Å². The molecule has 1 fully saturated rings. The fraction of sp³-hybridized carbons (Fsp3) is 0.300. The second kappa shape index (κ2) is 10.7. The van der Waals surface area contributed by atoms with Gasteiger partial charge in [0.15, 0.2) is 5.96 Å². The molecule has 2 aromatic carbocycles. The zero-order chi connectivity index (χ0) is 19.2. The molecule has 0 bridgehead atoms. The number of nitrogens with zero attached hydrogens (tertiary/aromatic N) is 2. The highest BCUT2D eigenvalue weighted by atomic mass is 127. The Morgan fingerprint density at radius 3 is 2.61 bits per heavy atom. The van der Waals surface area contributed by atoms with Gasteiger partial charge in [-0.3, -0.25) is 9.79 Å². The zero-order valence-electron chi connectivity index (χ0n) is 15.7. The number of rotatable bonds is 5. The van der Waals surface area contributed by atoms with Gasteiger partial charge in [-0.05, 0) is 52.2 Å². The molecule has 1 saturated heterocycles. The number of primary amides is 1. The number of hydrogen-bond donors (Lipinski definition) is 3. The first-order valence-corrected chi connectivity index (χ1v) is 9.71. The Kier molecular flexibility index (Phi) is 8.56. The van der Waals surface area contributed by atoms with Crippen LogP contribution in [0.5, 0.6) is 0 Å². The van der Waals surface area contributed by atoms with E-state index in [0.717, 1.165) is 35.5 Å². The van der Waals surface area contributed by atoms with E-state index in [0.29, 0.717) is 18.2 Å². The summed E-state index contributed by atoms with van der Waals surface area (Å²) in [5.74, 6) is 0.357. The number of hydrogen-bond acceptors (Lipinski definition) is 3. The Morgan fingerprint density at radius 2 is 1.96 bits per heavy atom. The molecule has 0 aromatic heterocycles. The molecule has 3 rings (SSSR count). The highest BCUT2D eigenvalue weighted by Crippen LogP contribution is 2.28. The second-order valence-corrected chi connectivity index (χ2v) is 7.37. The van der Waals surface area contributed by atoms with E-state index in [4.69, 9.17) is 5.73 Å². The molecule has 28 heavy (non-hydrogen) atoms. The first kappa shape index (κ1) is 22.5. The molecule has 1 amide bonds. The highest BCUT2D eigenvalue weighted by Gasteiger charge is 2.24. The number of anilines is 1. The Labute approximate surface area is 191 Å². The van der Waals surface area contributed by atoms with Crippen molar-refractivity contribution in [1.82, 2.24) is 10.6 Å². The predicted molar refractivity (Wildman–Crippen MR) is 128 cm³/mol. The molecular weight excluding hydrogens is 533 g/mol. The average Bonchev–Trinajstić information content (AvgIpc) is 3.14. The van der Waals surface area contributed by atoms with Crippen molar-refractivity contribution in [1.29, 1.82) is 0 Å². The Morgan fingerprint density at radius 1 is 1.25 bits per heavy atom. The van der Waals surface area contributed by atoms with Gasteiger partial charge in [0, 0.05) is 42.8 Å². The lowest BCUT2D eigenvalue weighted by atomic mass is 10.1. The first-order chi connectivity index (χ1) is 13.1. The fourth-order valence-corrected chi connectivity index (χ4v) is 3.70. The van der Waals surface area contributed by atoms with Crippen LogP contribution in [0.1, 0.15) is 22.3 Å². The van der Waals surface area contributed by atoms with Crippen LogP contribution in [0.3, 0.4) is 0 Å². The van der Waals surface area contributed by atoms with Gasteiger partial charge in [0.1, 0.15) is 0 Å². The third-order valence-corrected chi connectivity index (χ3v) is 5.31. The molecule has 0 radical (unpaired) electrons. The minimum absolute atomic E-state index is 0. The normalized spacial score (nSPS) is 16.4. The molecule has 1 heterocycles. The largest absolute Gasteiger partial charge is 0.368 e. The number of aliphatic imine (C=N–C) groups is 1. The topological polar surface area (TPSA) is 82.7 Å². The lowest BCUT2D eigenvalue weighted by Gasteiger charge is -2.21. The van der Waals surface area contributed by atoms with Crippen molar-refractivity contribution in [2.45, 2.75) is 19.0 Å². The molecule has 1 unspecified atom stereocenters. The van der Waals surface area contributed by atoms with Crippen LogP contribution >= 0.6 is 39.9 Å². The van der Waals surface area contributed by atoms with E-state index in [2.05, 4.69) is 54.7 Å². The Hall–Kier alpha value is -1.81. The summed E-state index contributed by atoms with van der Waals surface area (Å²) in [6.45, 7) is 2.56. The van der Waals surface area contributed by atoms with Crippen LogP contribution < -0.4 is 21.3 Å². The van der Waals surface area contributed by atoms with Gasteiger partial charge in [-0.2, -0.15) is 0 Å². The third-order valence-electron chi connectivity index (χ3n) is 4.64. The summed E-state index contributed by atoms with van der Waals surface area (Å²) < 4.78 is 1.12. The van der Waals surface area contributed by atoms with E-state index in [1.807, 2.05) is 18.2 Å². The maximum absolute atomic E-state index is 11.1. The quantitative estimate of drug-likeness (QED) is 0.300. The first-order valence-electron chi connectivity index (χ1n) is 8.92. The number of amides is 1. The Bertz CT molecular complexity index is 828. The molecule has 150 valence electrons. The van der Waals surface area contributed by atoms with Gasteiger partial charge >= 0.3 is 0 Å². The van der Waals surface area contributed by atoms with Gasteiger partial charge in [-0.25, -0.2) is 0 Å². The molecule has 0 spiro atoms. The maximum atomic E-state index is 11.1. The number of carbonyl (C=O) groups excluding carboxylic acids is 1. The summed E-state index contributed by atoms with van der Waals surface area (Å²) in [5.41, 5.74) is 8.07. The number of carbonyl (C=O) groups is 1. The number of para-hydroxylation sites is 1. The van der Waals surface area contributed by atoms with E-state index >= 15 is 0 Å². The molecular formula is C20H25BrIN5O. The summed E-state index contributed by atoms with van der Waals surface area (Å²) >= 11 is 3.63. The van der Waals surface area contributed by atoms with E-state index in [-0.39, 0.29) is 24.0 Å². The van der Waals surface area contributed by atoms with Crippen LogP contribution in [0.4, 0.5) is 5.69 Å². The summed E-state index contributed by atoms with van der Waals surface area (Å²) in [4.78, 5) is 17.8. The van der Waals surface area contributed by atoms with Crippen molar-refractivity contribution in [3.05, 3.63) is 64.1 Å². The van der Waals surface area contributed by atoms with E-state index in [1.165, 1.54) is 5.69 Å². The molecule has 6 nitrogen and oxygen atoms in total. The lowest BCUT2D eigenvalue weighted by Crippen LogP contribution is -2.44. The van der Waals surface area contributed by atoms with Crippen LogP contribution in [0.25, 0.3) is 0 Å². The summed E-state index contributed by atoms with van der Waals surface area (Å²) in [6.07, 6.45) is 1.05. The molecule has 4 N–H and O–H groups in total. The van der Waals surface area contributed by atoms with Crippen molar-refractivity contribution >= 4 is 57.5 Å². The molecule has 1 aliphatic rings. The van der Waals surface area contributed by atoms with Crippen LogP contribution in [-0.2, 0) is 6.54 Å². The van der Waals surface area contributed by atoms with E-state index in [1.54, 1.807) is 19.2 Å². The van der Waals surface area contributed by atoms with Crippen LogP contribution in [-0.4, -0.2) is 38.0 Å². The zero-order valence-corrected chi connectivity index (χ0v) is 19.6. The second-order valence-electron chi connectivity index (χ2n) is 6.51. The number of halogens is 2. The fourth-order valence-electron chi connectivity index (χ4n) is 3.17. The maximum Gasteiger partial charge on any atom is 0.248 e. The number of nitrogens with two attached hydrogens (primary N) is 1. The summed E-state index contributed by atoms with van der Waals surface area (Å²) in [6, 6.07) is 15.9. The van der Waals surface area contributed by atoms with Crippen LogP contribution in [0.15, 0.2) is 58.0 Å². The lowest BCUT2D eigenvalue weighted by molar-refractivity contribution is 0.100. The van der Waals surface area contributed by atoms with Gasteiger partial charge in [0.05, 0.1) is 5.69 Å². The molecule has 0 aliphatic carbocycles. The van der Waals surface area contributed by atoms with Crippen molar-refractivity contribution in [2.24, 2.45) is 10.7 Å². The van der Waals surface area contributed by atoms with Crippen molar-refractivity contribution in [3.8, 4) is 0 Å². The molecule has 0 saturated carbocycles. The minimum atomic E-state index is -0.414. The molecule has 2 aromatic rings. The summed E-state index contributed by atoms with van der Waals surface area (Å²) in [7, 11) is 1.77. The van der Waals surface area contributed by atoms with Gasteiger partial charge in [-0.1, -0.05) is 24.3 Å². The SMILES string of the molecule is CN=C(NCc1ccc(C(N)=O)cc1)NC1CCN(c2ccccc2Br)C1.I. The smallest absolute Gasteiger partial charge is 0.248 e.